The lowest BCUT2D eigenvalue weighted by Gasteiger charge is -2.24. The van der Waals surface area contributed by atoms with Crippen LogP contribution in [0.4, 0.5) is 10.5 Å². The zero-order valence-corrected chi connectivity index (χ0v) is 14.8. The molecule has 3 amide bonds. The van der Waals surface area contributed by atoms with Crippen LogP contribution >= 0.6 is 0 Å². The van der Waals surface area contributed by atoms with Crippen LogP contribution in [0.2, 0.25) is 0 Å². The van der Waals surface area contributed by atoms with Crippen molar-refractivity contribution in [3.05, 3.63) is 54.1 Å². The average molecular weight is 367 g/mol. The molecule has 27 heavy (non-hydrogen) atoms. The number of hydrogen-bond acceptors (Lipinski definition) is 4. The van der Waals surface area contributed by atoms with E-state index < -0.39 is 6.04 Å². The number of nitrogens with zero attached hydrogens (tertiary/aromatic N) is 1. The highest BCUT2D eigenvalue weighted by atomic mass is 16.7. The van der Waals surface area contributed by atoms with E-state index in [-0.39, 0.29) is 18.7 Å². The highest BCUT2D eigenvalue weighted by molar-refractivity contribution is 5.94. The van der Waals surface area contributed by atoms with Crippen molar-refractivity contribution < 1.29 is 19.1 Å². The van der Waals surface area contributed by atoms with Crippen LogP contribution in [0.1, 0.15) is 18.4 Å². The number of ether oxygens (including phenoxy) is 2. The fourth-order valence-electron chi connectivity index (χ4n) is 3.36. The monoisotopic (exact) mass is 367 g/mol. The van der Waals surface area contributed by atoms with Crippen LogP contribution in [0, 0.1) is 0 Å². The number of carbonyl (C=O) groups is 2. The normalized spacial score (nSPS) is 17.6. The molecule has 2 heterocycles. The highest BCUT2D eigenvalue weighted by Crippen LogP contribution is 2.32. The number of urea groups is 1. The Balaban J connectivity index is 1.35. The van der Waals surface area contributed by atoms with Crippen LogP contribution in [-0.2, 0) is 11.3 Å². The Bertz CT molecular complexity index is 840. The van der Waals surface area contributed by atoms with Gasteiger partial charge in [0.15, 0.2) is 11.5 Å². The zero-order valence-electron chi connectivity index (χ0n) is 14.8. The molecule has 1 atom stereocenters. The molecule has 1 fully saturated rings. The maximum atomic E-state index is 12.6. The number of anilines is 1. The summed E-state index contributed by atoms with van der Waals surface area (Å²) in [6.07, 6.45) is 1.47. The van der Waals surface area contributed by atoms with Gasteiger partial charge >= 0.3 is 6.03 Å². The van der Waals surface area contributed by atoms with Crippen LogP contribution in [0.15, 0.2) is 48.5 Å². The lowest BCUT2D eigenvalue weighted by Crippen LogP contribution is -2.47. The number of amides is 3. The van der Waals surface area contributed by atoms with Crippen LogP contribution in [0.5, 0.6) is 11.5 Å². The molecule has 0 aliphatic carbocycles. The molecule has 0 unspecified atom stereocenters. The minimum absolute atomic E-state index is 0.145. The molecule has 7 heteroatoms. The van der Waals surface area contributed by atoms with E-state index in [4.69, 9.17) is 9.47 Å². The molecular formula is C20H21N3O4. The topological polar surface area (TPSA) is 79.9 Å². The van der Waals surface area contributed by atoms with Gasteiger partial charge in [0.1, 0.15) is 6.04 Å². The highest BCUT2D eigenvalue weighted by Gasteiger charge is 2.34. The Morgan fingerprint density at radius 2 is 1.89 bits per heavy atom. The van der Waals surface area contributed by atoms with Gasteiger partial charge in [-0.05, 0) is 42.7 Å². The van der Waals surface area contributed by atoms with Gasteiger partial charge in [0.05, 0.1) is 0 Å². The van der Waals surface area contributed by atoms with Crippen molar-refractivity contribution in [1.29, 1.82) is 0 Å². The van der Waals surface area contributed by atoms with Crippen LogP contribution in [0.25, 0.3) is 0 Å². The fourth-order valence-corrected chi connectivity index (χ4v) is 3.36. The average Bonchev–Trinajstić information content (AvgIpc) is 3.35. The Hall–Kier alpha value is -3.22. The van der Waals surface area contributed by atoms with E-state index in [1.807, 2.05) is 48.5 Å². The second-order valence-electron chi connectivity index (χ2n) is 6.55. The number of fused-ring (bicyclic) bond motifs is 1. The Labute approximate surface area is 157 Å². The largest absolute Gasteiger partial charge is 0.454 e. The molecule has 2 aromatic carbocycles. The quantitative estimate of drug-likeness (QED) is 0.871. The fraction of sp³-hybridized carbons (Fsp3) is 0.300. The van der Waals surface area contributed by atoms with E-state index in [9.17, 15) is 9.59 Å². The summed E-state index contributed by atoms with van der Waals surface area (Å²) < 4.78 is 10.6. The standard InChI is InChI=1S/C20H21N3O4/c24-19(21-12-14-8-9-17-18(11-14)27-13-26-17)16-7-4-10-23(16)20(25)22-15-5-2-1-3-6-15/h1-3,5-6,8-9,11,16H,4,7,10,12-13H2,(H,21,24)(H,22,25)/t16-/m0/s1. The molecule has 2 aliphatic heterocycles. The molecule has 2 aliphatic rings. The second-order valence-corrected chi connectivity index (χ2v) is 6.55. The molecule has 0 aromatic heterocycles. The summed E-state index contributed by atoms with van der Waals surface area (Å²) in [7, 11) is 0. The third kappa shape index (κ3) is 3.81. The first kappa shape index (κ1) is 17.2. The molecule has 7 nitrogen and oxygen atoms in total. The van der Waals surface area contributed by atoms with Crippen LogP contribution in [-0.4, -0.2) is 36.2 Å². The number of rotatable bonds is 4. The van der Waals surface area contributed by atoms with Crippen molar-refractivity contribution in [3.8, 4) is 11.5 Å². The van der Waals surface area contributed by atoms with Crippen molar-refractivity contribution in [2.24, 2.45) is 0 Å². The second kappa shape index (κ2) is 7.57. The molecule has 0 spiro atoms. The van der Waals surface area contributed by atoms with Gasteiger partial charge in [0.25, 0.3) is 0 Å². The first-order chi connectivity index (χ1) is 13.2. The summed E-state index contributed by atoms with van der Waals surface area (Å²) in [5.41, 5.74) is 1.64. The molecule has 140 valence electrons. The van der Waals surface area contributed by atoms with E-state index in [0.717, 1.165) is 12.0 Å². The van der Waals surface area contributed by atoms with Crippen LogP contribution in [0.3, 0.4) is 0 Å². The maximum Gasteiger partial charge on any atom is 0.322 e. The molecular weight excluding hydrogens is 346 g/mol. The van der Waals surface area contributed by atoms with Gasteiger partial charge in [-0.2, -0.15) is 0 Å². The summed E-state index contributed by atoms with van der Waals surface area (Å²) in [5.74, 6) is 1.25. The van der Waals surface area contributed by atoms with Crippen molar-refractivity contribution >= 4 is 17.6 Å². The molecule has 1 saturated heterocycles. The molecule has 2 N–H and O–H groups in total. The number of carbonyl (C=O) groups excluding carboxylic acids is 2. The summed E-state index contributed by atoms with van der Waals surface area (Å²) in [6, 6.07) is 14.1. The SMILES string of the molecule is O=C(NCc1ccc2c(c1)OCO2)[C@@H]1CCCN1C(=O)Nc1ccccc1. The van der Waals surface area contributed by atoms with Gasteiger partial charge in [0, 0.05) is 18.8 Å². The van der Waals surface area contributed by atoms with Gasteiger partial charge in [0.2, 0.25) is 12.7 Å². The third-order valence-electron chi connectivity index (χ3n) is 4.75. The van der Waals surface area contributed by atoms with Gasteiger partial charge in [-0.15, -0.1) is 0 Å². The van der Waals surface area contributed by atoms with Gasteiger partial charge in [-0.3, -0.25) is 4.79 Å². The summed E-state index contributed by atoms with van der Waals surface area (Å²) in [4.78, 5) is 26.8. The number of hydrogen-bond donors (Lipinski definition) is 2. The lowest BCUT2D eigenvalue weighted by atomic mass is 10.1. The minimum Gasteiger partial charge on any atom is -0.454 e. The zero-order chi connectivity index (χ0) is 18.6. The van der Waals surface area contributed by atoms with Gasteiger partial charge in [-0.25, -0.2) is 4.79 Å². The van der Waals surface area contributed by atoms with Crippen molar-refractivity contribution in [3.63, 3.8) is 0 Å². The van der Waals surface area contributed by atoms with Crippen molar-refractivity contribution in [2.45, 2.75) is 25.4 Å². The van der Waals surface area contributed by atoms with Crippen molar-refractivity contribution in [1.82, 2.24) is 10.2 Å². The molecule has 2 aromatic rings. The number of nitrogens with one attached hydrogen (secondary N) is 2. The van der Waals surface area contributed by atoms with E-state index in [2.05, 4.69) is 10.6 Å². The van der Waals surface area contributed by atoms with E-state index in [0.29, 0.717) is 36.7 Å². The van der Waals surface area contributed by atoms with E-state index in [1.54, 1.807) is 4.90 Å². The summed E-state index contributed by atoms with van der Waals surface area (Å²) in [6.45, 7) is 1.17. The first-order valence-corrected chi connectivity index (χ1v) is 8.99. The number of likely N-dealkylation sites (tertiary alicyclic amines) is 1. The third-order valence-corrected chi connectivity index (χ3v) is 4.75. The molecule has 4 rings (SSSR count). The predicted octanol–water partition coefficient (Wildman–Crippen LogP) is 2.73. The first-order valence-electron chi connectivity index (χ1n) is 8.99. The Morgan fingerprint density at radius 1 is 1.07 bits per heavy atom. The molecule has 0 saturated carbocycles. The lowest BCUT2D eigenvalue weighted by molar-refractivity contribution is -0.124. The summed E-state index contributed by atoms with van der Waals surface area (Å²) >= 11 is 0. The van der Waals surface area contributed by atoms with Crippen LogP contribution < -0.4 is 20.1 Å². The maximum absolute atomic E-state index is 12.6. The summed E-state index contributed by atoms with van der Waals surface area (Å²) in [5, 5.41) is 5.77. The van der Waals surface area contributed by atoms with Crippen molar-refractivity contribution in [2.75, 3.05) is 18.7 Å². The van der Waals surface area contributed by atoms with Gasteiger partial charge < -0.3 is 25.0 Å². The smallest absolute Gasteiger partial charge is 0.322 e. The van der Waals surface area contributed by atoms with Gasteiger partial charge in [-0.1, -0.05) is 24.3 Å². The Morgan fingerprint density at radius 3 is 2.74 bits per heavy atom. The van der Waals surface area contributed by atoms with E-state index >= 15 is 0 Å². The van der Waals surface area contributed by atoms with E-state index in [1.165, 1.54) is 0 Å². The molecule has 0 radical (unpaired) electrons. The molecule has 0 bridgehead atoms. The predicted molar refractivity (Wildman–Crippen MR) is 99.6 cm³/mol. The minimum atomic E-state index is -0.456. The Kier molecular flexibility index (Phi) is 4.82. The number of para-hydroxylation sites is 1. The number of benzene rings is 2.